The van der Waals surface area contributed by atoms with Crippen molar-refractivity contribution in [2.75, 3.05) is 7.11 Å². The minimum Gasteiger partial charge on any atom is -0.377 e. The van der Waals surface area contributed by atoms with Crippen LogP contribution in [0.25, 0.3) is 11.1 Å². The fourth-order valence-corrected chi connectivity index (χ4v) is 9.38. The SMILES string of the molecule is CO[n+]1ccc(-c2ccccc2)cc1.O=S(=O)(O)C(F)(F)C(F)(F)C(F)(F)S(=O)(=O)Oc1c(C2CCCCC2)cc(C2CCCCC2)cc1C1CCCCC1. The first kappa shape index (κ1) is 42.8. The third kappa shape index (κ3) is 9.27. The summed E-state index contributed by atoms with van der Waals surface area (Å²) in [6, 6.07) is 17.7. The lowest BCUT2D eigenvalue weighted by atomic mass is 9.75. The Balaban J connectivity index is 0.000000345. The Bertz CT molecular complexity index is 1910. The van der Waals surface area contributed by atoms with Crippen LogP contribution in [0, 0.1) is 0 Å². The van der Waals surface area contributed by atoms with Gasteiger partial charge in [-0.1, -0.05) is 100 Å². The second-order valence-electron chi connectivity index (χ2n) is 14.6. The number of pyridine rings is 1. The molecule has 16 heteroatoms. The van der Waals surface area contributed by atoms with Gasteiger partial charge in [0.25, 0.3) is 0 Å². The summed E-state index contributed by atoms with van der Waals surface area (Å²) in [6.45, 7) is 0. The van der Waals surface area contributed by atoms with Gasteiger partial charge in [-0.3, -0.25) is 9.39 Å². The molecule has 3 aliphatic carbocycles. The number of rotatable bonds is 11. The van der Waals surface area contributed by atoms with Crippen molar-refractivity contribution in [3.63, 3.8) is 0 Å². The average molecular weight is 821 g/mol. The van der Waals surface area contributed by atoms with Crippen LogP contribution in [0.15, 0.2) is 67.0 Å². The number of hydrogen-bond acceptors (Lipinski definition) is 6. The summed E-state index contributed by atoms with van der Waals surface area (Å²) in [4.78, 5) is 5.02. The molecule has 1 aromatic heterocycles. The number of nitrogens with zero attached hydrogens (tertiary/aromatic N) is 1. The minimum atomic E-state index is -7.13. The topological polar surface area (TPSA) is 111 Å². The summed E-state index contributed by atoms with van der Waals surface area (Å²) in [6.07, 6.45) is 15.7. The van der Waals surface area contributed by atoms with E-state index in [0.29, 0.717) is 25.7 Å². The van der Waals surface area contributed by atoms with E-state index in [-0.39, 0.29) is 28.9 Å². The lowest BCUT2D eigenvalue weighted by Crippen LogP contribution is -2.61. The molecule has 0 radical (unpaired) electrons. The summed E-state index contributed by atoms with van der Waals surface area (Å²) in [5.74, 6) is -8.11. The number of hydrogen-bond donors (Lipinski definition) is 1. The Kier molecular flexibility index (Phi) is 13.5. The van der Waals surface area contributed by atoms with Crippen molar-refractivity contribution in [2.24, 2.45) is 0 Å². The number of benzene rings is 2. The zero-order valence-corrected chi connectivity index (χ0v) is 32.3. The van der Waals surface area contributed by atoms with Crippen LogP contribution in [0.2, 0.25) is 0 Å². The van der Waals surface area contributed by atoms with Gasteiger partial charge in [0.05, 0.1) is 0 Å². The van der Waals surface area contributed by atoms with E-state index in [4.69, 9.17) is 13.6 Å². The van der Waals surface area contributed by atoms with Crippen molar-refractivity contribution < 1.29 is 61.5 Å². The number of aromatic nitrogens is 1. The minimum absolute atomic E-state index is 0.137. The Hall–Kier alpha value is -3.37. The van der Waals surface area contributed by atoms with Crippen LogP contribution in [0.4, 0.5) is 26.3 Å². The molecular formula is C39H48F6NO7S2+. The third-order valence-corrected chi connectivity index (χ3v) is 13.2. The summed E-state index contributed by atoms with van der Waals surface area (Å²) in [7, 11) is -12.4. The molecule has 2 aromatic carbocycles. The van der Waals surface area contributed by atoms with Crippen LogP contribution >= 0.6 is 0 Å². The van der Waals surface area contributed by atoms with Gasteiger partial charge in [0.15, 0.2) is 0 Å². The van der Waals surface area contributed by atoms with Gasteiger partial charge in [-0.25, -0.2) is 0 Å². The second kappa shape index (κ2) is 17.4. The monoisotopic (exact) mass is 820 g/mol. The van der Waals surface area contributed by atoms with Crippen LogP contribution in [-0.2, 0) is 20.2 Å². The summed E-state index contributed by atoms with van der Waals surface area (Å²) < 4.78 is 149. The van der Waals surface area contributed by atoms with Gasteiger partial charge in [0.2, 0.25) is 12.4 Å². The molecule has 3 aromatic rings. The molecule has 0 aliphatic heterocycles. The fourth-order valence-electron chi connectivity index (χ4n) is 7.91. The predicted molar refractivity (Wildman–Crippen MR) is 194 cm³/mol. The molecule has 0 bridgehead atoms. The molecule has 8 nitrogen and oxygen atoms in total. The molecule has 304 valence electrons. The van der Waals surface area contributed by atoms with Crippen LogP contribution in [0.5, 0.6) is 5.75 Å². The molecule has 3 aliphatic rings. The van der Waals surface area contributed by atoms with Crippen LogP contribution in [0.3, 0.4) is 0 Å². The normalized spacial score (nSPS) is 18.6. The first-order valence-corrected chi connectivity index (χ1v) is 21.6. The van der Waals surface area contributed by atoms with Crippen LogP contribution in [-0.4, -0.2) is 44.9 Å². The van der Waals surface area contributed by atoms with Gasteiger partial charge in [-0.2, -0.15) is 43.2 Å². The second-order valence-corrected chi connectivity index (χ2v) is 17.7. The standard InChI is InChI=1S/C27H36F6O6S2.C12H12NO/c28-25(29,26(30,31)40(34,35)36)27(32,33)41(37,38)39-24-22(19-12-6-2-7-13-19)16-21(18-10-4-1-5-11-18)17-23(24)20-14-8-3-9-15-20;1-14-13-9-7-12(8-10-13)11-5-3-2-4-6-11/h16-20H,1-15H2,(H,34,35,36);2-10H,1H3/q;+1. The van der Waals surface area contributed by atoms with Crippen molar-refractivity contribution in [3.8, 4) is 16.9 Å². The van der Waals surface area contributed by atoms with Crippen LogP contribution < -0.4 is 13.8 Å². The highest BCUT2D eigenvalue weighted by Gasteiger charge is 2.83. The maximum Gasteiger partial charge on any atom is 0.450 e. The highest BCUT2D eigenvalue weighted by molar-refractivity contribution is 7.88. The smallest absolute Gasteiger partial charge is 0.377 e. The predicted octanol–water partition coefficient (Wildman–Crippen LogP) is 9.95. The molecule has 0 unspecified atom stereocenters. The van der Waals surface area contributed by atoms with Crippen molar-refractivity contribution in [3.05, 3.63) is 83.7 Å². The molecule has 0 atom stereocenters. The molecule has 0 amide bonds. The van der Waals surface area contributed by atoms with Gasteiger partial charge in [-0.15, -0.1) is 0 Å². The number of halogens is 6. The van der Waals surface area contributed by atoms with Gasteiger partial charge in [0.1, 0.15) is 12.9 Å². The van der Waals surface area contributed by atoms with Crippen molar-refractivity contribution in [1.82, 2.24) is 0 Å². The average Bonchev–Trinajstić information content (AvgIpc) is 3.19. The quantitative estimate of drug-likeness (QED) is 0.0888. The molecule has 0 spiro atoms. The zero-order valence-electron chi connectivity index (χ0n) is 30.6. The van der Waals surface area contributed by atoms with E-state index < -0.39 is 42.4 Å². The third-order valence-electron chi connectivity index (χ3n) is 11.0. The van der Waals surface area contributed by atoms with Gasteiger partial charge in [0, 0.05) is 16.9 Å². The largest absolute Gasteiger partial charge is 0.450 e. The summed E-state index contributed by atoms with van der Waals surface area (Å²) in [5.41, 5.74) is 3.86. The molecule has 1 heterocycles. The van der Waals surface area contributed by atoms with Crippen molar-refractivity contribution >= 4 is 20.2 Å². The molecule has 1 N–H and O–H groups in total. The Morgan fingerprint density at radius 3 is 1.45 bits per heavy atom. The molecule has 3 saturated carbocycles. The van der Waals surface area contributed by atoms with E-state index in [1.54, 1.807) is 24.0 Å². The lowest BCUT2D eigenvalue weighted by molar-refractivity contribution is -0.885. The fraction of sp³-hybridized carbons (Fsp3) is 0.564. The Morgan fingerprint density at radius 2 is 1.04 bits per heavy atom. The van der Waals surface area contributed by atoms with E-state index in [9.17, 15) is 43.2 Å². The summed E-state index contributed by atoms with van der Waals surface area (Å²) >= 11 is 0. The Labute approximate surface area is 319 Å². The molecule has 0 saturated heterocycles. The van der Waals surface area contributed by atoms with E-state index >= 15 is 0 Å². The lowest BCUT2D eigenvalue weighted by Gasteiger charge is -2.33. The van der Waals surface area contributed by atoms with E-state index in [2.05, 4.69) is 12.1 Å². The van der Waals surface area contributed by atoms with E-state index in [1.165, 1.54) is 11.1 Å². The maximum atomic E-state index is 14.9. The molecular weight excluding hydrogens is 773 g/mol. The van der Waals surface area contributed by atoms with Crippen molar-refractivity contribution in [2.45, 2.75) is 130 Å². The van der Waals surface area contributed by atoms with Gasteiger partial charge in [-0.05, 0) is 84.1 Å². The highest BCUT2D eigenvalue weighted by Crippen LogP contribution is 2.53. The van der Waals surface area contributed by atoms with E-state index in [0.717, 1.165) is 76.2 Å². The first-order valence-electron chi connectivity index (χ1n) is 18.7. The summed E-state index contributed by atoms with van der Waals surface area (Å²) in [5, 5.41) is -13.5. The molecule has 55 heavy (non-hydrogen) atoms. The zero-order chi connectivity index (χ0) is 40.1. The number of alkyl halides is 6. The maximum absolute atomic E-state index is 14.9. The first-order chi connectivity index (χ1) is 25.9. The van der Waals surface area contributed by atoms with E-state index in [1.807, 2.05) is 42.7 Å². The van der Waals surface area contributed by atoms with Crippen LogP contribution in [0.1, 0.15) is 131 Å². The van der Waals surface area contributed by atoms with Gasteiger partial charge >= 0.3 is 36.7 Å². The van der Waals surface area contributed by atoms with Crippen molar-refractivity contribution in [1.29, 1.82) is 0 Å². The highest BCUT2D eigenvalue weighted by atomic mass is 32.2. The van der Waals surface area contributed by atoms with Gasteiger partial charge < -0.3 is 4.18 Å². The Morgan fingerprint density at radius 1 is 0.618 bits per heavy atom. The molecule has 6 rings (SSSR count). The molecule has 3 fully saturated rings.